The molecule has 0 aliphatic rings. The summed E-state index contributed by atoms with van der Waals surface area (Å²) in [4.78, 5) is 29.9. The number of carbonyl (C=O) groups excluding carboxylic acids is 2. The van der Waals surface area contributed by atoms with Crippen LogP contribution in [0.2, 0.25) is 0 Å². The average Bonchev–Trinajstić information content (AvgIpc) is 3.33. The highest BCUT2D eigenvalue weighted by molar-refractivity contribution is 6.07. The summed E-state index contributed by atoms with van der Waals surface area (Å²) in [6.07, 6.45) is 0. The van der Waals surface area contributed by atoms with Crippen molar-refractivity contribution in [3.8, 4) is 23.0 Å². The highest BCUT2D eigenvalue weighted by atomic mass is 16.5. The van der Waals surface area contributed by atoms with Gasteiger partial charge in [0, 0.05) is 28.8 Å². The van der Waals surface area contributed by atoms with E-state index in [-0.39, 0.29) is 11.8 Å². The Hall–Kier alpha value is -4.66. The molecule has 4 rings (SSSR count). The second-order valence-electron chi connectivity index (χ2n) is 7.71. The summed E-state index contributed by atoms with van der Waals surface area (Å²) in [6, 6.07) is 19.0. The van der Waals surface area contributed by atoms with E-state index in [1.54, 1.807) is 67.6 Å². The number of nitrogens with one attached hydrogen (secondary N) is 2. The van der Waals surface area contributed by atoms with E-state index in [4.69, 9.17) is 14.0 Å². The maximum atomic E-state index is 13.0. The van der Waals surface area contributed by atoms with Crippen LogP contribution in [0.3, 0.4) is 0 Å². The summed E-state index contributed by atoms with van der Waals surface area (Å²) >= 11 is 0. The Bertz CT molecular complexity index is 1350. The molecule has 0 aliphatic heterocycles. The van der Waals surface area contributed by atoms with Crippen molar-refractivity contribution in [3.05, 3.63) is 83.7 Å². The van der Waals surface area contributed by atoms with Crippen LogP contribution in [-0.4, -0.2) is 35.2 Å². The number of benzene rings is 3. The first-order valence-corrected chi connectivity index (χ1v) is 11.5. The molecule has 0 spiro atoms. The van der Waals surface area contributed by atoms with Crippen molar-refractivity contribution >= 4 is 23.2 Å². The molecular formula is C27H26N4O5. The van der Waals surface area contributed by atoms with Gasteiger partial charge >= 0.3 is 0 Å². The molecule has 1 aromatic heterocycles. The van der Waals surface area contributed by atoms with Crippen molar-refractivity contribution in [2.24, 2.45) is 0 Å². The summed E-state index contributed by atoms with van der Waals surface area (Å²) in [5.41, 5.74) is 2.50. The Morgan fingerprint density at radius 3 is 1.81 bits per heavy atom. The summed E-state index contributed by atoms with van der Waals surface area (Å²) in [5, 5.41) is 9.53. The molecule has 2 amide bonds. The van der Waals surface area contributed by atoms with Gasteiger partial charge in [0.05, 0.1) is 24.6 Å². The van der Waals surface area contributed by atoms with Gasteiger partial charge < -0.3 is 24.6 Å². The molecule has 0 bridgehead atoms. The standard InChI is InChI=1S/C27H26N4O5/c1-4-34-23-16-22(24(35-5-2)15-21(23)29-25(32)18-9-7-6-8-10-18)30-26(33)19-11-13-20(14-12-19)27-28-17(3)31-36-27/h6-16H,4-5H2,1-3H3,(H,29,32)(H,30,33). The molecule has 9 heteroatoms. The van der Waals surface area contributed by atoms with Crippen molar-refractivity contribution in [1.82, 2.24) is 10.1 Å². The predicted molar refractivity (Wildman–Crippen MR) is 136 cm³/mol. The Kier molecular flexibility index (Phi) is 7.60. The molecule has 0 fully saturated rings. The third-order valence-corrected chi connectivity index (χ3v) is 5.14. The Balaban J connectivity index is 1.58. The van der Waals surface area contributed by atoms with E-state index in [1.807, 2.05) is 19.9 Å². The van der Waals surface area contributed by atoms with E-state index in [9.17, 15) is 9.59 Å². The van der Waals surface area contributed by atoms with Gasteiger partial charge in [-0.2, -0.15) is 4.98 Å². The summed E-state index contributed by atoms with van der Waals surface area (Å²) in [5.74, 6) is 1.09. The number of ether oxygens (including phenoxy) is 2. The highest BCUT2D eigenvalue weighted by Gasteiger charge is 2.18. The van der Waals surface area contributed by atoms with E-state index in [0.717, 1.165) is 0 Å². The largest absolute Gasteiger partial charge is 0.492 e. The zero-order chi connectivity index (χ0) is 25.5. The molecule has 0 saturated carbocycles. The summed E-state index contributed by atoms with van der Waals surface area (Å²) in [7, 11) is 0. The van der Waals surface area contributed by atoms with E-state index in [1.165, 1.54) is 0 Å². The van der Waals surface area contributed by atoms with Crippen LogP contribution in [0.1, 0.15) is 40.4 Å². The predicted octanol–water partition coefficient (Wildman–Crippen LogP) is 5.35. The first-order valence-electron chi connectivity index (χ1n) is 11.5. The van der Waals surface area contributed by atoms with Crippen molar-refractivity contribution < 1.29 is 23.6 Å². The van der Waals surface area contributed by atoms with Crippen LogP contribution < -0.4 is 20.1 Å². The zero-order valence-electron chi connectivity index (χ0n) is 20.2. The first-order chi connectivity index (χ1) is 17.5. The molecule has 3 aromatic carbocycles. The highest BCUT2D eigenvalue weighted by Crippen LogP contribution is 2.37. The number of rotatable bonds is 9. The van der Waals surface area contributed by atoms with Gasteiger partial charge in [-0.25, -0.2) is 0 Å². The molecule has 0 unspecified atom stereocenters. The summed E-state index contributed by atoms with van der Waals surface area (Å²) in [6.45, 7) is 6.14. The van der Waals surface area contributed by atoms with Gasteiger partial charge in [0.1, 0.15) is 11.5 Å². The number of aryl methyl sites for hydroxylation is 1. The minimum Gasteiger partial charge on any atom is -0.492 e. The van der Waals surface area contributed by atoms with E-state index in [0.29, 0.717) is 64.5 Å². The minimum absolute atomic E-state index is 0.285. The van der Waals surface area contributed by atoms with Crippen LogP contribution in [0.4, 0.5) is 11.4 Å². The number of anilines is 2. The van der Waals surface area contributed by atoms with Gasteiger partial charge in [-0.3, -0.25) is 9.59 Å². The topological polar surface area (TPSA) is 116 Å². The first kappa shape index (κ1) is 24.5. The van der Waals surface area contributed by atoms with Crippen molar-refractivity contribution in [2.75, 3.05) is 23.8 Å². The lowest BCUT2D eigenvalue weighted by molar-refractivity contribution is 0.101. The van der Waals surface area contributed by atoms with Crippen LogP contribution in [0.5, 0.6) is 11.5 Å². The fraction of sp³-hybridized carbons (Fsp3) is 0.185. The number of carbonyl (C=O) groups is 2. The molecule has 2 N–H and O–H groups in total. The van der Waals surface area contributed by atoms with Crippen LogP contribution in [0.15, 0.2) is 71.3 Å². The number of aromatic nitrogens is 2. The third-order valence-electron chi connectivity index (χ3n) is 5.14. The Labute approximate surface area is 208 Å². The van der Waals surface area contributed by atoms with Gasteiger partial charge in [0.15, 0.2) is 5.82 Å². The van der Waals surface area contributed by atoms with Gasteiger partial charge in [0.2, 0.25) is 0 Å². The molecule has 0 saturated heterocycles. The van der Waals surface area contributed by atoms with Crippen molar-refractivity contribution in [3.63, 3.8) is 0 Å². The normalized spacial score (nSPS) is 10.5. The zero-order valence-corrected chi connectivity index (χ0v) is 20.2. The molecule has 0 atom stereocenters. The lowest BCUT2D eigenvalue weighted by Gasteiger charge is -2.18. The number of hydrogen-bond donors (Lipinski definition) is 2. The van der Waals surface area contributed by atoms with Crippen LogP contribution in [-0.2, 0) is 0 Å². The van der Waals surface area contributed by atoms with Gasteiger partial charge in [0.25, 0.3) is 17.7 Å². The maximum absolute atomic E-state index is 13.0. The minimum atomic E-state index is -0.340. The molecule has 0 aliphatic carbocycles. The van der Waals surface area contributed by atoms with Gasteiger partial charge in [-0.1, -0.05) is 23.4 Å². The molecule has 0 radical (unpaired) electrons. The van der Waals surface area contributed by atoms with Gasteiger partial charge in [-0.15, -0.1) is 0 Å². The van der Waals surface area contributed by atoms with Crippen LogP contribution >= 0.6 is 0 Å². The lowest BCUT2D eigenvalue weighted by Crippen LogP contribution is -2.15. The second kappa shape index (κ2) is 11.2. The fourth-order valence-corrected chi connectivity index (χ4v) is 3.46. The van der Waals surface area contributed by atoms with Gasteiger partial charge in [-0.05, 0) is 57.2 Å². The molecule has 36 heavy (non-hydrogen) atoms. The Morgan fingerprint density at radius 2 is 1.33 bits per heavy atom. The lowest BCUT2D eigenvalue weighted by atomic mass is 10.1. The van der Waals surface area contributed by atoms with Crippen LogP contribution in [0.25, 0.3) is 11.5 Å². The maximum Gasteiger partial charge on any atom is 0.257 e. The summed E-state index contributed by atoms with van der Waals surface area (Å²) < 4.78 is 16.7. The van der Waals surface area contributed by atoms with E-state index >= 15 is 0 Å². The smallest absolute Gasteiger partial charge is 0.257 e. The molecule has 9 nitrogen and oxygen atoms in total. The van der Waals surface area contributed by atoms with E-state index < -0.39 is 0 Å². The number of nitrogens with zero attached hydrogens (tertiary/aromatic N) is 2. The van der Waals surface area contributed by atoms with Crippen LogP contribution in [0, 0.1) is 6.92 Å². The number of amides is 2. The van der Waals surface area contributed by atoms with Crippen molar-refractivity contribution in [1.29, 1.82) is 0 Å². The second-order valence-corrected chi connectivity index (χ2v) is 7.71. The molecule has 184 valence electrons. The number of hydrogen-bond acceptors (Lipinski definition) is 7. The average molecular weight is 487 g/mol. The monoisotopic (exact) mass is 486 g/mol. The molecule has 4 aromatic rings. The Morgan fingerprint density at radius 1 is 0.806 bits per heavy atom. The third kappa shape index (κ3) is 5.69. The molecular weight excluding hydrogens is 460 g/mol. The molecule has 1 heterocycles. The quantitative estimate of drug-likeness (QED) is 0.328. The SMILES string of the molecule is CCOc1cc(NC(=O)c2ccc(-c3nc(C)no3)cc2)c(OCC)cc1NC(=O)c1ccccc1. The van der Waals surface area contributed by atoms with E-state index in [2.05, 4.69) is 20.8 Å². The van der Waals surface area contributed by atoms with Crippen molar-refractivity contribution in [2.45, 2.75) is 20.8 Å². The fourth-order valence-electron chi connectivity index (χ4n) is 3.46.